The molecule has 0 spiro atoms. The molecule has 2 aromatic heterocycles. The highest BCUT2D eigenvalue weighted by molar-refractivity contribution is 5.96. The average molecular weight is 442 g/mol. The zero-order chi connectivity index (χ0) is 22.9. The minimum atomic E-state index is -0.354. The number of piperidine rings is 1. The highest BCUT2D eigenvalue weighted by atomic mass is 19.1. The Hall–Kier alpha value is -3.07. The van der Waals surface area contributed by atoms with Gasteiger partial charge in [-0.25, -0.2) is 4.39 Å². The molecule has 1 saturated heterocycles. The molecule has 0 aliphatic carbocycles. The molecule has 1 aliphatic rings. The Morgan fingerprint density at radius 3 is 2.50 bits per heavy atom. The van der Waals surface area contributed by atoms with Crippen LogP contribution in [0.4, 0.5) is 4.39 Å². The van der Waals surface area contributed by atoms with Gasteiger partial charge in [-0.3, -0.25) is 9.48 Å². The summed E-state index contributed by atoms with van der Waals surface area (Å²) in [5, 5.41) is 8.65. The molecule has 9 heteroatoms. The lowest BCUT2D eigenvalue weighted by atomic mass is 9.75. The predicted molar refractivity (Wildman–Crippen MR) is 116 cm³/mol. The second kappa shape index (κ2) is 8.82. The van der Waals surface area contributed by atoms with Crippen LogP contribution in [0.25, 0.3) is 11.5 Å². The van der Waals surface area contributed by atoms with E-state index in [1.807, 2.05) is 25.8 Å². The van der Waals surface area contributed by atoms with E-state index in [9.17, 15) is 9.18 Å². The lowest BCUT2D eigenvalue weighted by Gasteiger charge is -2.39. The lowest BCUT2D eigenvalue weighted by molar-refractivity contribution is 0.0614. The van der Waals surface area contributed by atoms with E-state index in [0.29, 0.717) is 55.4 Å². The van der Waals surface area contributed by atoms with E-state index in [4.69, 9.17) is 9.26 Å². The van der Waals surface area contributed by atoms with Gasteiger partial charge in [0.15, 0.2) is 5.82 Å². The molecule has 170 valence electrons. The van der Waals surface area contributed by atoms with Crippen LogP contribution in [0.15, 0.2) is 28.8 Å². The van der Waals surface area contributed by atoms with Crippen LogP contribution in [0.2, 0.25) is 0 Å². The first-order chi connectivity index (χ1) is 15.3. The van der Waals surface area contributed by atoms with Gasteiger partial charge in [0.05, 0.1) is 11.3 Å². The Morgan fingerprint density at radius 2 is 1.91 bits per heavy atom. The summed E-state index contributed by atoms with van der Waals surface area (Å²) in [5.74, 6) is 0.654. The number of hydrogen-bond acceptors (Lipinski definition) is 6. The first kappa shape index (κ1) is 22.1. The zero-order valence-electron chi connectivity index (χ0n) is 18.9. The Morgan fingerprint density at radius 1 is 1.22 bits per heavy atom. The number of nitrogens with zero attached hydrogens (tertiary/aromatic N) is 5. The Kier molecular flexibility index (Phi) is 6.10. The van der Waals surface area contributed by atoms with Gasteiger partial charge in [0.1, 0.15) is 5.82 Å². The number of rotatable bonds is 6. The number of halogens is 1. The van der Waals surface area contributed by atoms with E-state index in [2.05, 4.69) is 15.2 Å². The van der Waals surface area contributed by atoms with Crippen molar-refractivity contribution < 1.29 is 18.4 Å². The van der Waals surface area contributed by atoms with Gasteiger partial charge in [-0.2, -0.15) is 10.1 Å². The van der Waals surface area contributed by atoms with Crippen LogP contribution in [-0.2, 0) is 17.2 Å². The van der Waals surface area contributed by atoms with Gasteiger partial charge >= 0.3 is 0 Å². The zero-order valence-corrected chi connectivity index (χ0v) is 18.9. The third kappa shape index (κ3) is 4.04. The maximum Gasteiger partial charge on any atom is 0.257 e. The number of carbonyl (C=O) groups excluding carboxylic acids is 1. The van der Waals surface area contributed by atoms with Gasteiger partial charge in [0.25, 0.3) is 11.8 Å². The molecule has 1 fully saturated rings. The lowest BCUT2D eigenvalue weighted by Crippen LogP contribution is -2.46. The highest BCUT2D eigenvalue weighted by Gasteiger charge is 2.41. The molecule has 1 aliphatic heterocycles. The molecule has 3 heterocycles. The van der Waals surface area contributed by atoms with Gasteiger partial charge in [0.2, 0.25) is 0 Å². The Labute approximate surface area is 186 Å². The van der Waals surface area contributed by atoms with E-state index < -0.39 is 0 Å². The largest absolute Gasteiger partial charge is 0.385 e. The van der Waals surface area contributed by atoms with Crippen molar-refractivity contribution in [3.8, 4) is 11.5 Å². The third-order valence-electron chi connectivity index (χ3n) is 6.51. The molecule has 0 radical (unpaired) electrons. The summed E-state index contributed by atoms with van der Waals surface area (Å²) in [4.78, 5) is 19.7. The number of benzene rings is 1. The summed E-state index contributed by atoms with van der Waals surface area (Å²) < 4.78 is 25.9. The monoisotopic (exact) mass is 441 g/mol. The van der Waals surface area contributed by atoms with Crippen LogP contribution >= 0.6 is 0 Å². The molecule has 1 aromatic carbocycles. The van der Waals surface area contributed by atoms with Crippen LogP contribution in [0.5, 0.6) is 0 Å². The summed E-state index contributed by atoms with van der Waals surface area (Å²) >= 11 is 0. The van der Waals surface area contributed by atoms with E-state index >= 15 is 0 Å². The molecule has 0 atom stereocenters. The molecule has 8 nitrogen and oxygen atoms in total. The van der Waals surface area contributed by atoms with Crippen molar-refractivity contribution >= 4 is 5.91 Å². The quantitative estimate of drug-likeness (QED) is 0.583. The fraction of sp³-hybridized carbons (Fsp3) is 0.478. The minimum Gasteiger partial charge on any atom is -0.385 e. The van der Waals surface area contributed by atoms with E-state index in [1.54, 1.807) is 23.9 Å². The van der Waals surface area contributed by atoms with Crippen LogP contribution in [0.1, 0.15) is 46.8 Å². The molecule has 4 rings (SSSR count). The van der Waals surface area contributed by atoms with Crippen LogP contribution in [-0.4, -0.2) is 57.5 Å². The fourth-order valence-electron chi connectivity index (χ4n) is 4.41. The molecule has 0 bridgehead atoms. The number of hydrogen-bond donors (Lipinski definition) is 0. The predicted octanol–water partition coefficient (Wildman–Crippen LogP) is 3.44. The summed E-state index contributed by atoms with van der Waals surface area (Å²) in [6, 6.07) is 5.97. The fourth-order valence-corrected chi connectivity index (χ4v) is 4.41. The van der Waals surface area contributed by atoms with Crippen molar-refractivity contribution in [3.63, 3.8) is 0 Å². The van der Waals surface area contributed by atoms with Gasteiger partial charge in [-0.1, -0.05) is 5.16 Å². The maximum absolute atomic E-state index is 13.3. The minimum absolute atomic E-state index is 0.00792. The number of likely N-dealkylation sites (tertiary alicyclic amines) is 1. The number of amides is 1. The summed E-state index contributed by atoms with van der Waals surface area (Å²) in [7, 11) is 3.51. The standard InChI is InChI=1S/C23H28FN5O3/c1-15-19(16(2)28(3)26-15)21(30)29-12-9-23(10-13-29,11-14-31-4)22-25-20(32-27-22)17-5-7-18(24)8-6-17/h5-8H,9-14H2,1-4H3. The number of aromatic nitrogens is 4. The first-order valence-electron chi connectivity index (χ1n) is 10.7. The first-order valence-corrected chi connectivity index (χ1v) is 10.7. The second-order valence-electron chi connectivity index (χ2n) is 8.41. The molecule has 3 aromatic rings. The van der Waals surface area contributed by atoms with Crippen LogP contribution in [0, 0.1) is 19.7 Å². The molecule has 32 heavy (non-hydrogen) atoms. The SMILES string of the molecule is COCCC1(c2noc(-c3ccc(F)cc3)n2)CCN(C(=O)c2c(C)nn(C)c2C)CC1. The highest BCUT2D eigenvalue weighted by Crippen LogP contribution is 2.38. The summed E-state index contributed by atoms with van der Waals surface area (Å²) in [6.07, 6.45) is 2.12. The van der Waals surface area contributed by atoms with Gasteiger partial charge in [0, 0.05) is 50.5 Å². The summed E-state index contributed by atoms with van der Waals surface area (Å²) in [5.41, 5.74) is 2.60. The number of carbonyl (C=O) groups is 1. The van der Waals surface area contributed by atoms with Crippen molar-refractivity contribution in [2.24, 2.45) is 7.05 Å². The number of methoxy groups -OCH3 is 1. The molecular formula is C23H28FN5O3. The number of aryl methyl sites for hydroxylation is 2. The average Bonchev–Trinajstić information content (AvgIpc) is 3.38. The molecule has 0 N–H and O–H groups in total. The van der Waals surface area contributed by atoms with Crippen molar-refractivity contribution in [3.05, 3.63) is 52.9 Å². The number of ether oxygens (including phenoxy) is 1. The van der Waals surface area contributed by atoms with Crippen molar-refractivity contribution in [1.29, 1.82) is 0 Å². The third-order valence-corrected chi connectivity index (χ3v) is 6.51. The smallest absolute Gasteiger partial charge is 0.257 e. The molecule has 1 amide bonds. The van der Waals surface area contributed by atoms with E-state index in [0.717, 1.165) is 17.8 Å². The molecular weight excluding hydrogens is 413 g/mol. The van der Waals surface area contributed by atoms with Gasteiger partial charge < -0.3 is 14.2 Å². The van der Waals surface area contributed by atoms with Crippen LogP contribution in [0.3, 0.4) is 0 Å². The second-order valence-corrected chi connectivity index (χ2v) is 8.41. The topological polar surface area (TPSA) is 86.3 Å². The van der Waals surface area contributed by atoms with Crippen molar-refractivity contribution in [2.45, 2.75) is 38.5 Å². The van der Waals surface area contributed by atoms with Crippen molar-refractivity contribution in [1.82, 2.24) is 24.8 Å². The molecule has 0 unspecified atom stereocenters. The van der Waals surface area contributed by atoms with Gasteiger partial charge in [-0.15, -0.1) is 0 Å². The van der Waals surface area contributed by atoms with Crippen LogP contribution < -0.4 is 0 Å². The van der Waals surface area contributed by atoms with E-state index in [1.165, 1.54) is 12.1 Å². The molecule has 0 saturated carbocycles. The summed E-state index contributed by atoms with van der Waals surface area (Å²) in [6.45, 7) is 5.49. The normalized spacial score (nSPS) is 15.8. The van der Waals surface area contributed by atoms with E-state index in [-0.39, 0.29) is 17.1 Å². The van der Waals surface area contributed by atoms with Gasteiger partial charge in [-0.05, 0) is 57.4 Å². The van der Waals surface area contributed by atoms with Crippen molar-refractivity contribution in [2.75, 3.05) is 26.8 Å². The maximum atomic E-state index is 13.3. The Balaban J connectivity index is 1.55. The Bertz CT molecular complexity index is 1100.